The second-order valence-electron chi connectivity index (χ2n) is 5.59. The highest BCUT2D eigenvalue weighted by Crippen LogP contribution is 2.51. The summed E-state index contributed by atoms with van der Waals surface area (Å²) in [5, 5.41) is 0. The minimum absolute atomic E-state index is 0.155. The van der Waals surface area contributed by atoms with Crippen LogP contribution in [0.4, 0.5) is 0 Å². The van der Waals surface area contributed by atoms with E-state index in [9.17, 15) is 0 Å². The molecule has 0 N–H and O–H groups in total. The van der Waals surface area contributed by atoms with Gasteiger partial charge in [0.25, 0.3) is 0 Å². The van der Waals surface area contributed by atoms with Crippen molar-refractivity contribution in [2.24, 2.45) is 0 Å². The third kappa shape index (κ3) is 2.64. The lowest BCUT2D eigenvalue weighted by Crippen LogP contribution is -2.11. The van der Waals surface area contributed by atoms with E-state index in [4.69, 9.17) is 0 Å². The lowest BCUT2D eigenvalue weighted by molar-refractivity contribution is 1.01. The standard InChI is InChI=1S/C18H20S2/c1-13-9-15-11-19-18(3,17-7-5-4-6-8-17)20-12-16(15)10-14(13)2/h4-10H,11-12H2,1-3H3. The van der Waals surface area contributed by atoms with Crippen LogP contribution in [0.25, 0.3) is 0 Å². The zero-order chi connectivity index (χ0) is 14.2. The summed E-state index contributed by atoms with van der Waals surface area (Å²) in [6.45, 7) is 6.80. The zero-order valence-electron chi connectivity index (χ0n) is 12.3. The molecule has 0 bridgehead atoms. The summed E-state index contributed by atoms with van der Waals surface area (Å²) in [6.07, 6.45) is 0. The van der Waals surface area contributed by atoms with Crippen LogP contribution in [0.5, 0.6) is 0 Å². The van der Waals surface area contributed by atoms with Gasteiger partial charge in [-0.15, -0.1) is 23.5 Å². The van der Waals surface area contributed by atoms with Gasteiger partial charge >= 0.3 is 0 Å². The van der Waals surface area contributed by atoms with Gasteiger partial charge in [0, 0.05) is 11.5 Å². The maximum atomic E-state index is 2.38. The third-order valence-electron chi connectivity index (χ3n) is 4.12. The van der Waals surface area contributed by atoms with Crippen LogP contribution >= 0.6 is 23.5 Å². The molecule has 3 rings (SSSR count). The molecule has 0 saturated heterocycles. The maximum absolute atomic E-state index is 2.38. The Balaban J connectivity index is 1.93. The Morgan fingerprint density at radius 3 is 1.85 bits per heavy atom. The van der Waals surface area contributed by atoms with Gasteiger partial charge in [-0.05, 0) is 48.6 Å². The van der Waals surface area contributed by atoms with Crippen LogP contribution < -0.4 is 0 Å². The summed E-state index contributed by atoms with van der Waals surface area (Å²) in [4.78, 5) is 0. The van der Waals surface area contributed by atoms with Gasteiger partial charge in [-0.25, -0.2) is 0 Å². The van der Waals surface area contributed by atoms with Crippen molar-refractivity contribution in [3.63, 3.8) is 0 Å². The van der Waals surface area contributed by atoms with Gasteiger partial charge in [-0.2, -0.15) is 0 Å². The SMILES string of the molecule is Cc1cc2c(cc1C)CSC(C)(c1ccccc1)SC2. The van der Waals surface area contributed by atoms with Crippen LogP contribution in [0.15, 0.2) is 42.5 Å². The molecule has 0 amide bonds. The Morgan fingerprint density at radius 2 is 1.35 bits per heavy atom. The zero-order valence-corrected chi connectivity index (χ0v) is 13.9. The van der Waals surface area contributed by atoms with Gasteiger partial charge in [0.1, 0.15) is 0 Å². The lowest BCUT2D eigenvalue weighted by atomic mass is 10.0. The molecular formula is C18H20S2. The van der Waals surface area contributed by atoms with E-state index in [1.54, 1.807) is 0 Å². The highest BCUT2D eigenvalue weighted by molar-refractivity contribution is 8.16. The van der Waals surface area contributed by atoms with Crippen molar-refractivity contribution in [2.75, 3.05) is 0 Å². The number of hydrogen-bond donors (Lipinski definition) is 0. The minimum atomic E-state index is 0.155. The van der Waals surface area contributed by atoms with E-state index in [0.29, 0.717) is 0 Å². The molecule has 0 fully saturated rings. The number of aryl methyl sites for hydroxylation is 2. The first-order valence-corrected chi connectivity index (χ1v) is 8.98. The number of thioether (sulfide) groups is 2. The molecule has 0 unspecified atom stereocenters. The molecule has 0 spiro atoms. The largest absolute Gasteiger partial charge is 0.135 e. The molecule has 1 aliphatic heterocycles. The van der Waals surface area contributed by atoms with E-state index in [2.05, 4.69) is 86.8 Å². The Labute approximate surface area is 130 Å². The van der Waals surface area contributed by atoms with Gasteiger partial charge in [-0.3, -0.25) is 0 Å². The lowest BCUT2D eigenvalue weighted by Gasteiger charge is -2.27. The van der Waals surface area contributed by atoms with Crippen molar-refractivity contribution in [1.29, 1.82) is 0 Å². The molecule has 0 aliphatic carbocycles. The van der Waals surface area contributed by atoms with Gasteiger partial charge in [-0.1, -0.05) is 42.5 Å². The molecule has 2 aromatic carbocycles. The topological polar surface area (TPSA) is 0 Å². The van der Waals surface area contributed by atoms with Crippen LogP contribution in [-0.4, -0.2) is 0 Å². The Bertz CT molecular complexity index is 584. The number of hydrogen-bond acceptors (Lipinski definition) is 2. The van der Waals surface area contributed by atoms with Crippen molar-refractivity contribution in [1.82, 2.24) is 0 Å². The predicted molar refractivity (Wildman–Crippen MR) is 92.3 cm³/mol. The van der Waals surface area contributed by atoms with Crippen molar-refractivity contribution in [3.05, 3.63) is 70.3 Å². The fraction of sp³-hybridized carbons (Fsp3) is 0.333. The van der Waals surface area contributed by atoms with Crippen molar-refractivity contribution in [3.8, 4) is 0 Å². The first-order valence-electron chi connectivity index (χ1n) is 7.01. The van der Waals surface area contributed by atoms with Crippen molar-refractivity contribution >= 4 is 23.5 Å². The smallest absolute Gasteiger partial charge is 0.0838 e. The number of fused-ring (bicyclic) bond motifs is 1. The van der Waals surface area contributed by atoms with Crippen LogP contribution in [-0.2, 0) is 15.6 Å². The summed E-state index contributed by atoms with van der Waals surface area (Å²) in [5.41, 5.74) is 7.29. The summed E-state index contributed by atoms with van der Waals surface area (Å²) in [7, 11) is 0. The predicted octanol–water partition coefficient (Wildman–Crippen LogP) is 5.66. The Morgan fingerprint density at radius 1 is 0.850 bits per heavy atom. The molecule has 104 valence electrons. The average Bonchev–Trinajstić information content (AvgIpc) is 2.62. The van der Waals surface area contributed by atoms with Gasteiger partial charge < -0.3 is 0 Å². The van der Waals surface area contributed by atoms with Gasteiger partial charge in [0.05, 0.1) is 4.08 Å². The highest BCUT2D eigenvalue weighted by atomic mass is 32.2. The van der Waals surface area contributed by atoms with Crippen LogP contribution in [0.1, 0.15) is 34.7 Å². The molecule has 0 aromatic heterocycles. The van der Waals surface area contributed by atoms with Gasteiger partial charge in [0.2, 0.25) is 0 Å². The quantitative estimate of drug-likeness (QED) is 0.667. The Hall–Kier alpha value is -0.860. The molecule has 1 heterocycles. The number of benzene rings is 2. The minimum Gasteiger partial charge on any atom is -0.135 e. The molecule has 0 atom stereocenters. The van der Waals surface area contributed by atoms with E-state index < -0.39 is 0 Å². The van der Waals surface area contributed by atoms with Crippen LogP contribution in [0.3, 0.4) is 0 Å². The summed E-state index contributed by atoms with van der Waals surface area (Å²) >= 11 is 4.12. The van der Waals surface area contributed by atoms with Crippen molar-refractivity contribution in [2.45, 2.75) is 36.4 Å². The molecular weight excluding hydrogens is 280 g/mol. The fourth-order valence-corrected chi connectivity index (χ4v) is 5.28. The summed E-state index contributed by atoms with van der Waals surface area (Å²) in [5.74, 6) is 2.21. The normalized spacial score (nSPS) is 17.4. The first-order chi connectivity index (χ1) is 9.58. The van der Waals surface area contributed by atoms with Crippen LogP contribution in [0.2, 0.25) is 0 Å². The molecule has 2 aromatic rings. The first kappa shape index (κ1) is 14.1. The molecule has 1 aliphatic rings. The molecule has 0 nitrogen and oxygen atoms in total. The van der Waals surface area contributed by atoms with E-state index >= 15 is 0 Å². The number of rotatable bonds is 1. The van der Waals surface area contributed by atoms with E-state index in [1.807, 2.05) is 0 Å². The summed E-state index contributed by atoms with van der Waals surface area (Å²) in [6, 6.07) is 15.7. The summed E-state index contributed by atoms with van der Waals surface area (Å²) < 4.78 is 0.155. The van der Waals surface area contributed by atoms with Crippen molar-refractivity contribution < 1.29 is 0 Å². The average molecular weight is 300 g/mol. The van der Waals surface area contributed by atoms with E-state index in [-0.39, 0.29) is 4.08 Å². The monoisotopic (exact) mass is 300 g/mol. The Kier molecular flexibility index (Phi) is 3.87. The second-order valence-corrected chi connectivity index (χ2v) is 8.64. The molecule has 20 heavy (non-hydrogen) atoms. The molecule has 0 saturated carbocycles. The van der Waals surface area contributed by atoms with Gasteiger partial charge in [0.15, 0.2) is 0 Å². The molecule has 2 heteroatoms. The van der Waals surface area contributed by atoms with E-state index in [0.717, 1.165) is 11.5 Å². The highest BCUT2D eigenvalue weighted by Gasteiger charge is 2.30. The van der Waals surface area contributed by atoms with E-state index in [1.165, 1.54) is 27.8 Å². The fourth-order valence-electron chi connectivity index (χ4n) is 2.58. The molecule has 0 radical (unpaired) electrons. The third-order valence-corrected chi connectivity index (χ3v) is 7.31. The maximum Gasteiger partial charge on any atom is 0.0838 e. The second kappa shape index (κ2) is 5.50. The van der Waals surface area contributed by atoms with Crippen LogP contribution in [0, 0.1) is 13.8 Å².